The number of halogens is 4. The summed E-state index contributed by atoms with van der Waals surface area (Å²) in [5.74, 6) is -0.784. The van der Waals surface area contributed by atoms with E-state index in [9.17, 15) is 22.2 Å². The maximum absolute atomic E-state index is 13.1. The quantitative estimate of drug-likeness (QED) is 0.519. The fourth-order valence-electron chi connectivity index (χ4n) is 2.72. The number of amides is 1. The second kappa shape index (κ2) is 8.57. The van der Waals surface area contributed by atoms with Crippen LogP contribution in [0.1, 0.15) is 13.3 Å². The number of rotatable bonds is 6. The summed E-state index contributed by atoms with van der Waals surface area (Å²) in [7, 11) is -0.533. The number of aromatic nitrogens is 1. The van der Waals surface area contributed by atoms with Gasteiger partial charge < -0.3 is 4.90 Å². The van der Waals surface area contributed by atoms with Crippen LogP contribution in [0.5, 0.6) is 0 Å². The smallest absolute Gasteiger partial charge is 0.312 e. The minimum absolute atomic E-state index is 0.129. The summed E-state index contributed by atoms with van der Waals surface area (Å²) in [6.07, 6.45) is 0.0972. The van der Waals surface area contributed by atoms with Crippen molar-refractivity contribution in [1.82, 2.24) is 14.9 Å². The SMILES string of the molecule is CCN(C(=O)CC(S(C)=O)C(F)(F)F)C1=CN(c2cccnc2)N(C)C1Cl. The predicted octanol–water partition coefficient (Wildman–Crippen LogP) is 2.70. The van der Waals surface area contributed by atoms with Gasteiger partial charge in [-0.3, -0.25) is 19.0 Å². The largest absolute Gasteiger partial charge is 0.403 e. The van der Waals surface area contributed by atoms with E-state index >= 15 is 0 Å². The molecule has 0 aromatic carbocycles. The minimum atomic E-state index is -4.72. The van der Waals surface area contributed by atoms with E-state index < -0.39 is 40.1 Å². The number of anilines is 1. The number of hydrogen-bond acceptors (Lipinski definition) is 5. The first-order valence-electron chi connectivity index (χ1n) is 8.05. The Bertz CT molecular complexity index is 732. The topological polar surface area (TPSA) is 56.8 Å². The average molecular weight is 425 g/mol. The molecule has 2 rings (SSSR count). The normalized spacial score (nSPS) is 20.3. The van der Waals surface area contributed by atoms with Crippen LogP contribution in [0.25, 0.3) is 0 Å². The predicted molar refractivity (Wildman–Crippen MR) is 98.1 cm³/mol. The number of carbonyl (C=O) groups is 1. The molecule has 0 N–H and O–H groups in total. The standard InChI is InChI=1S/C16H20ClF3N4O2S/c1-4-23(14(25)8-13(27(3)26)16(18,19)20)12-10-24(22(2)15(12)17)11-6-5-7-21-9-11/h5-7,9-10,13,15H,4,8H2,1-3H3. The van der Waals surface area contributed by atoms with E-state index in [1.165, 1.54) is 4.90 Å². The van der Waals surface area contributed by atoms with Gasteiger partial charge >= 0.3 is 6.18 Å². The Morgan fingerprint density at radius 3 is 2.63 bits per heavy atom. The van der Waals surface area contributed by atoms with Crippen LogP contribution in [0, 0.1) is 0 Å². The number of alkyl halides is 4. The molecule has 1 aliphatic heterocycles. The molecular weight excluding hydrogens is 405 g/mol. The van der Waals surface area contributed by atoms with Crippen LogP contribution in [0.4, 0.5) is 18.9 Å². The van der Waals surface area contributed by atoms with Crippen molar-refractivity contribution in [3.8, 4) is 0 Å². The van der Waals surface area contributed by atoms with Crippen LogP contribution >= 0.6 is 11.6 Å². The number of hydrogen-bond donors (Lipinski definition) is 0. The molecule has 27 heavy (non-hydrogen) atoms. The van der Waals surface area contributed by atoms with E-state index in [0.717, 1.165) is 6.26 Å². The summed E-state index contributed by atoms with van der Waals surface area (Å²) in [5.41, 5.74) is 0.274. The van der Waals surface area contributed by atoms with Crippen LogP contribution in [0.15, 0.2) is 36.4 Å². The molecule has 11 heteroatoms. The third kappa shape index (κ3) is 4.80. The molecule has 0 spiro atoms. The highest BCUT2D eigenvalue weighted by atomic mass is 35.5. The molecule has 1 aliphatic rings. The van der Waals surface area contributed by atoms with Crippen molar-refractivity contribution in [3.63, 3.8) is 0 Å². The zero-order valence-electron chi connectivity index (χ0n) is 15.0. The third-order valence-electron chi connectivity index (χ3n) is 4.13. The van der Waals surface area contributed by atoms with E-state index in [1.54, 1.807) is 54.7 Å². The van der Waals surface area contributed by atoms with Gasteiger partial charge in [-0.05, 0) is 19.1 Å². The molecule has 0 fully saturated rings. The Labute approximate surface area is 163 Å². The number of hydrazine groups is 1. The van der Waals surface area contributed by atoms with Crippen molar-refractivity contribution < 1.29 is 22.2 Å². The molecule has 0 saturated carbocycles. The lowest BCUT2D eigenvalue weighted by Gasteiger charge is -2.29. The molecule has 1 aromatic heterocycles. The molecule has 0 aliphatic carbocycles. The van der Waals surface area contributed by atoms with Gasteiger partial charge in [0.2, 0.25) is 5.91 Å². The van der Waals surface area contributed by atoms with Gasteiger partial charge in [0, 0.05) is 43.0 Å². The van der Waals surface area contributed by atoms with Crippen LogP contribution in [0.2, 0.25) is 0 Å². The zero-order chi connectivity index (χ0) is 20.4. The summed E-state index contributed by atoms with van der Waals surface area (Å²) in [5, 5.41) is 1.07. The van der Waals surface area contributed by atoms with Crippen LogP contribution in [-0.2, 0) is 15.6 Å². The minimum Gasteiger partial charge on any atom is -0.312 e. The Balaban J connectivity index is 2.27. The van der Waals surface area contributed by atoms with Gasteiger partial charge in [-0.25, -0.2) is 0 Å². The molecule has 0 saturated heterocycles. The highest BCUT2D eigenvalue weighted by molar-refractivity contribution is 7.85. The molecule has 1 aromatic rings. The Hall–Kier alpha value is -1.65. The van der Waals surface area contributed by atoms with E-state index in [1.807, 2.05) is 0 Å². The van der Waals surface area contributed by atoms with Crippen molar-refractivity contribution in [3.05, 3.63) is 36.4 Å². The summed E-state index contributed by atoms with van der Waals surface area (Å²) in [6, 6.07) is 3.51. The van der Waals surface area contributed by atoms with Crippen LogP contribution < -0.4 is 5.01 Å². The van der Waals surface area contributed by atoms with Crippen molar-refractivity contribution in [2.45, 2.75) is 30.3 Å². The first kappa shape index (κ1) is 21.6. The van der Waals surface area contributed by atoms with Crippen molar-refractivity contribution in [1.29, 1.82) is 0 Å². The lowest BCUT2D eigenvalue weighted by Crippen LogP contribution is -2.42. The summed E-state index contributed by atoms with van der Waals surface area (Å²) >= 11 is 6.40. The van der Waals surface area contributed by atoms with Crippen molar-refractivity contribution in [2.75, 3.05) is 24.9 Å². The molecule has 6 nitrogen and oxygen atoms in total. The molecule has 3 atom stereocenters. The summed E-state index contributed by atoms with van der Waals surface area (Å²) in [4.78, 5) is 17.8. The maximum Gasteiger partial charge on any atom is 0.403 e. The first-order chi connectivity index (χ1) is 12.6. The molecule has 1 amide bonds. The van der Waals surface area contributed by atoms with Gasteiger partial charge in [0.25, 0.3) is 0 Å². The summed E-state index contributed by atoms with van der Waals surface area (Å²) < 4.78 is 50.7. The molecule has 150 valence electrons. The van der Waals surface area contributed by atoms with Crippen LogP contribution in [0.3, 0.4) is 0 Å². The van der Waals surface area contributed by atoms with Crippen LogP contribution in [-0.4, -0.2) is 61.8 Å². The number of nitrogens with zero attached hydrogens (tertiary/aromatic N) is 4. The zero-order valence-corrected chi connectivity index (χ0v) is 16.6. The van der Waals surface area contributed by atoms with Gasteiger partial charge in [-0.1, -0.05) is 11.6 Å². The molecule has 2 heterocycles. The summed E-state index contributed by atoms with van der Waals surface area (Å²) in [6.45, 7) is 1.77. The van der Waals surface area contributed by atoms with Gasteiger partial charge in [-0.2, -0.15) is 18.2 Å². The van der Waals surface area contributed by atoms with Crippen molar-refractivity contribution in [2.24, 2.45) is 0 Å². The van der Waals surface area contributed by atoms with Gasteiger partial charge in [-0.15, -0.1) is 0 Å². The monoisotopic (exact) mass is 424 g/mol. The van der Waals surface area contributed by atoms with E-state index in [4.69, 9.17) is 11.6 Å². The first-order valence-corrected chi connectivity index (χ1v) is 10.1. The Morgan fingerprint density at radius 1 is 1.48 bits per heavy atom. The van der Waals surface area contributed by atoms with Gasteiger partial charge in [0.05, 0.1) is 24.0 Å². The fourth-order valence-corrected chi connectivity index (χ4v) is 3.74. The van der Waals surface area contributed by atoms with E-state index in [0.29, 0.717) is 11.4 Å². The second-order valence-corrected chi connectivity index (χ2v) is 7.87. The number of pyridine rings is 1. The second-order valence-electron chi connectivity index (χ2n) is 5.89. The molecule has 3 unspecified atom stereocenters. The van der Waals surface area contributed by atoms with Crippen molar-refractivity contribution >= 4 is 34.0 Å². The molecule has 0 radical (unpaired) electrons. The highest BCUT2D eigenvalue weighted by Crippen LogP contribution is 2.33. The third-order valence-corrected chi connectivity index (χ3v) is 5.87. The lowest BCUT2D eigenvalue weighted by molar-refractivity contribution is -0.145. The Kier molecular flexibility index (Phi) is 6.87. The molecular formula is C16H20ClF3N4O2S. The number of carbonyl (C=O) groups excluding carboxylic acids is 1. The average Bonchev–Trinajstić information content (AvgIpc) is 2.89. The van der Waals surface area contributed by atoms with Gasteiger partial charge in [0.1, 0.15) is 10.8 Å². The lowest BCUT2D eigenvalue weighted by atomic mass is 10.2. The number of likely N-dealkylation sites (N-methyl/N-ethyl adjacent to an activating group) is 2. The Morgan fingerprint density at radius 2 is 2.15 bits per heavy atom. The van der Waals surface area contributed by atoms with E-state index in [2.05, 4.69) is 4.98 Å². The van der Waals surface area contributed by atoms with E-state index in [-0.39, 0.29) is 6.54 Å². The highest BCUT2D eigenvalue weighted by Gasteiger charge is 2.45. The molecule has 0 bridgehead atoms. The van der Waals surface area contributed by atoms with Gasteiger partial charge in [0.15, 0.2) is 0 Å². The fraction of sp³-hybridized carbons (Fsp3) is 0.500. The maximum atomic E-state index is 13.1.